The van der Waals surface area contributed by atoms with Gasteiger partial charge < -0.3 is 15.2 Å². The third kappa shape index (κ3) is 5.48. The smallest absolute Gasteiger partial charge is 0.351 e. The van der Waals surface area contributed by atoms with Gasteiger partial charge in [-0.25, -0.2) is 4.39 Å². The van der Waals surface area contributed by atoms with Crippen LogP contribution in [0.5, 0.6) is 0 Å². The average Bonchev–Trinajstić information content (AvgIpc) is 3.20. The summed E-state index contributed by atoms with van der Waals surface area (Å²) in [6.45, 7) is -0.868. The summed E-state index contributed by atoms with van der Waals surface area (Å²) in [5.41, 5.74) is 1.64. The fraction of sp³-hybridized carbons (Fsp3) is 0.375. The van der Waals surface area contributed by atoms with Gasteiger partial charge in [-0.1, -0.05) is 30.3 Å². The minimum Gasteiger partial charge on any atom is -0.351 e. The van der Waals surface area contributed by atoms with Crippen LogP contribution in [0.25, 0.3) is 10.9 Å². The number of nitrogens with zero attached hydrogens (tertiary/aromatic N) is 1. The molecular weight excluding hydrogens is 422 g/mol. The molecule has 32 heavy (non-hydrogen) atoms. The highest BCUT2D eigenvalue weighted by Gasteiger charge is 2.39. The van der Waals surface area contributed by atoms with Crippen LogP contribution in [0, 0.1) is 5.82 Å². The summed E-state index contributed by atoms with van der Waals surface area (Å²) in [4.78, 5) is 17.1. The molecule has 2 unspecified atom stereocenters. The molecule has 1 fully saturated rings. The summed E-state index contributed by atoms with van der Waals surface area (Å²) in [5, 5.41) is 4.10. The first-order valence-corrected chi connectivity index (χ1v) is 10.7. The fourth-order valence-electron chi connectivity index (χ4n) is 4.44. The molecule has 170 valence electrons. The molecule has 2 aromatic carbocycles. The van der Waals surface area contributed by atoms with Crippen molar-refractivity contribution in [2.45, 2.75) is 50.5 Å². The Morgan fingerprint density at radius 1 is 1.09 bits per heavy atom. The number of amides is 1. The van der Waals surface area contributed by atoms with Crippen LogP contribution in [0.4, 0.5) is 17.6 Å². The molecule has 8 heteroatoms. The third-order valence-electron chi connectivity index (χ3n) is 5.94. The number of benzene rings is 2. The van der Waals surface area contributed by atoms with Crippen molar-refractivity contribution < 1.29 is 22.4 Å². The molecule has 1 saturated carbocycles. The summed E-state index contributed by atoms with van der Waals surface area (Å²) >= 11 is 0. The second-order valence-electron chi connectivity index (χ2n) is 8.35. The zero-order chi connectivity index (χ0) is 22.7. The highest BCUT2D eigenvalue weighted by molar-refractivity contribution is 5.98. The van der Waals surface area contributed by atoms with Crippen LogP contribution in [-0.2, 0) is 6.54 Å². The van der Waals surface area contributed by atoms with E-state index in [1.807, 2.05) is 12.1 Å². The SMILES string of the molecule is O=C(c1cc2ccccc2[nH]1)N(CC(F)(F)F)C1CCCC(NCc2cccc(F)c2)C1. The van der Waals surface area contributed by atoms with Gasteiger partial charge in [-0.3, -0.25) is 4.79 Å². The molecule has 1 amide bonds. The van der Waals surface area contributed by atoms with Gasteiger partial charge in [-0.15, -0.1) is 0 Å². The monoisotopic (exact) mass is 447 g/mol. The molecule has 0 spiro atoms. The van der Waals surface area contributed by atoms with Gasteiger partial charge in [0.1, 0.15) is 18.1 Å². The molecule has 4 nitrogen and oxygen atoms in total. The quantitative estimate of drug-likeness (QED) is 0.496. The van der Waals surface area contributed by atoms with Gasteiger partial charge in [0.15, 0.2) is 0 Å². The number of halogens is 4. The number of para-hydroxylation sites is 1. The molecule has 0 aliphatic heterocycles. The van der Waals surface area contributed by atoms with E-state index >= 15 is 0 Å². The van der Waals surface area contributed by atoms with Crippen molar-refractivity contribution >= 4 is 16.8 Å². The first kappa shape index (κ1) is 22.3. The molecular formula is C24H25F4N3O. The lowest BCUT2D eigenvalue weighted by atomic mass is 9.89. The Kier molecular flexibility index (Phi) is 6.50. The van der Waals surface area contributed by atoms with Crippen molar-refractivity contribution in [3.8, 4) is 0 Å². The lowest BCUT2D eigenvalue weighted by Crippen LogP contribution is -2.50. The molecule has 3 aromatic rings. The molecule has 2 N–H and O–H groups in total. The molecule has 0 radical (unpaired) electrons. The topological polar surface area (TPSA) is 48.1 Å². The molecule has 1 aromatic heterocycles. The first-order chi connectivity index (χ1) is 15.3. The predicted molar refractivity (Wildman–Crippen MR) is 115 cm³/mol. The predicted octanol–water partition coefficient (Wildman–Crippen LogP) is 5.41. The van der Waals surface area contributed by atoms with Crippen LogP contribution in [0.15, 0.2) is 54.6 Å². The summed E-state index contributed by atoms with van der Waals surface area (Å²) < 4.78 is 53.6. The van der Waals surface area contributed by atoms with Crippen molar-refractivity contribution in [1.82, 2.24) is 15.2 Å². The van der Waals surface area contributed by atoms with E-state index in [9.17, 15) is 22.4 Å². The lowest BCUT2D eigenvalue weighted by Gasteiger charge is -2.38. The van der Waals surface area contributed by atoms with E-state index in [2.05, 4.69) is 10.3 Å². The molecule has 2 atom stereocenters. The molecule has 1 aliphatic carbocycles. The van der Waals surface area contributed by atoms with Crippen molar-refractivity contribution in [2.24, 2.45) is 0 Å². The number of alkyl halides is 3. The maximum absolute atomic E-state index is 13.4. The standard InChI is InChI=1S/C24H25F4N3O/c25-18-7-3-5-16(11-18)14-29-19-8-4-9-20(13-19)31(15-24(26,27)28)23(32)22-12-17-6-1-2-10-21(17)30-22/h1-3,5-7,10-12,19-20,29-30H,4,8-9,13-15H2. The van der Waals surface area contributed by atoms with Crippen LogP contribution < -0.4 is 5.32 Å². The Hall–Kier alpha value is -2.87. The number of hydrogen-bond donors (Lipinski definition) is 2. The maximum Gasteiger partial charge on any atom is 0.406 e. The summed E-state index contributed by atoms with van der Waals surface area (Å²) in [5.74, 6) is -0.972. The van der Waals surface area contributed by atoms with Crippen LogP contribution in [-0.4, -0.2) is 40.6 Å². The normalized spacial score (nSPS) is 19.2. The van der Waals surface area contributed by atoms with Gasteiger partial charge in [-0.05, 0) is 55.5 Å². The average molecular weight is 447 g/mol. The van der Waals surface area contributed by atoms with Gasteiger partial charge >= 0.3 is 6.18 Å². The van der Waals surface area contributed by atoms with Gasteiger partial charge in [0.25, 0.3) is 5.91 Å². The van der Waals surface area contributed by atoms with Crippen molar-refractivity contribution in [2.75, 3.05) is 6.54 Å². The highest BCUT2D eigenvalue weighted by Crippen LogP contribution is 2.29. The molecule has 1 heterocycles. The third-order valence-corrected chi connectivity index (χ3v) is 5.94. The zero-order valence-corrected chi connectivity index (χ0v) is 17.5. The number of aromatic amines is 1. The summed E-state index contributed by atoms with van der Waals surface area (Å²) in [6.07, 6.45) is -2.06. The van der Waals surface area contributed by atoms with E-state index < -0.39 is 24.7 Å². The summed E-state index contributed by atoms with van der Waals surface area (Å²) in [7, 11) is 0. The number of rotatable bonds is 6. The number of hydrogen-bond acceptors (Lipinski definition) is 2. The Bertz CT molecular complexity index is 1050. The number of aromatic nitrogens is 1. The largest absolute Gasteiger partial charge is 0.406 e. The Morgan fingerprint density at radius 2 is 1.91 bits per heavy atom. The minimum absolute atomic E-state index is 0.0525. The zero-order valence-electron chi connectivity index (χ0n) is 17.5. The van der Waals surface area contributed by atoms with Crippen molar-refractivity contribution in [1.29, 1.82) is 0 Å². The number of nitrogens with one attached hydrogen (secondary N) is 2. The Balaban J connectivity index is 1.49. The number of H-pyrrole nitrogens is 1. The van der Waals surface area contributed by atoms with Gasteiger partial charge in [-0.2, -0.15) is 13.2 Å². The van der Waals surface area contributed by atoms with E-state index in [4.69, 9.17) is 0 Å². The number of fused-ring (bicyclic) bond motifs is 1. The van der Waals surface area contributed by atoms with Crippen LogP contribution in [0.3, 0.4) is 0 Å². The molecule has 0 bridgehead atoms. The van der Waals surface area contributed by atoms with E-state index in [1.54, 1.807) is 30.3 Å². The van der Waals surface area contributed by atoms with Crippen LogP contribution in [0.1, 0.15) is 41.7 Å². The maximum atomic E-state index is 13.4. The second-order valence-corrected chi connectivity index (χ2v) is 8.35. The van der Waals surface area contributed by atoms with Crippen LogP contribution >= 0.6 is 0 Å². The first-order valence-electron chi connectivity index (χ1n) is 10.7. The van der Waals surface area contributed by atoms with Crippen LogP contribution in [0.2, 0.25) is 0 Å². The van der Waals surface area contributed by atoms with Gasteiger partial charge in [0.2, 0.25) is 0 Å². The van der Waals surface area contributed by atoms with E-state index in [1.165, 1.54) is 12.1 Å². The van der Waals surface area contributed by atoms with Crippen molar-refractivity contribution in [3.05, 3.63) is 71.7 Å². The second kappa shape index (κ2) is 9.32. The van der Waals surface area contributed by atoms with E-state index in [0.717, 1.165) is 22.3 Å². The van der Waals surface area contributed by atoms with E-state index in [0.29, 0.717) is 31.3 Å². The number of carbonyl (C=O) groups is 1. The van der Waals surface area contributed by atoms with Gasteiger partial charge in [0, 0.05) is 29.5 Å². The molecule has 0 saturated heterocycles. The molecule has 1 aliphatic rings. The summed E-state index contributed by atoms with van der Waals surface area (Å²) in [6, 6.07) is 14.4. The lowest BCUT2D eigenvalue weighted by molar-refractivity contribution is -0.146. The Labute approximate surface area is 183 Å². The van der Waals surface area contributed by atoms with Crippen molar-refractivity contribution in [3.63, 3.8) is 0 Å². The number of carbonyl (C=O) groups excluding carboxylic acids is 1. The molecule has 4 rings (SSSR count). The fourth-order valence-corrected chi connectivity index (χ4v) is 4.44. The Morgan fingerprint density at radius 3 is 2.66 bits per heavy atom. The highest BCUT2D eigenvalue weighted by atomic mass is 19.4. The van der Waals surface area contributed by atoms with E-state index in [-0.39, 0.29) is 17.6 Å². The minimum atomic E-state index is -4.50. The van der Waals surface area contributed by atoms with Gasteiger partial charge in [0.05, 0.1) is 0 Å².